The molecule has 1 amide bonds. The molecule has 2 aromatic heterocycles. The molecule has 23 heavy (non-hydrogen) atoms. The Hall–Kier alpha value is -2.44. The third-order valence-electron chi connectivity index (χ3n) is 4.03. The van der Waals surface area contributed by atoms with Crippen molar-refractivity contribution in [3.8, 4) is 0 Å². The van der Waals surface area contributed by atoms with Gasteiger partial charge in [-0.1, -0.05) is 13.8 Å². The van der Waals surface area contributed by atoms with E-state index >= 15 is 0 Å². The molecule has 3 rings (SSSR count). The summed E-state index contributed by atoms with van der Waals surface area (Å²) in [7, 11) is 0. The molecule has 2 heterocycles. The van der Waals surface area contributed by atoms with Crippen LogP contribution in [-0.4, -0.2) is 38.3 Å². The monoisotopic (exact) mass is 316 g/mol. The number of H-pyrrole nitrogens is 2. The lowest BCUT2D eigenvalue weighted by Crippen LogP contribution is -2.35. The first-order valence-electron chi connectivity index (χ1n) is 7.89. The Labute approximate surface area is 132 Å². The molecule has 0 radical (unpaired) electrons. The van der Waals surface area contributed by atoms with Crippen molar-refractivity contribution in [3.05, 3.63) is 38.7 Å². The number of carbonyl (C=O) groups is 1. The van der Waals surface area contributed by atoms with Crippen LogP contribution in [0, 0.1) is 5.92 Å². The van der Waals surface area contributed by atoms with E-state index in [0.717, 1.165) is 19.3 Å². The molecule has 1 aliphatic carbocycles. The van der Waals surface area contributed by atoms with Crippen LogP contribution in [0.4, 0.5) is 0 Å². The fraction of sp³-hybridized carbons (Fsp3) is 0.500. The van der Waals surface area contributed by atoms with Crippen LogP contribution in [0.25, 0.3) is 11.0 Å². The number of fused-ring (bicyclic) bond motifs is 1. The molecule has 2 N–H and O–H groups in total. The predicted molar refractivity (Wildman–Crippen MR) is 86.5 cm³/mol. The van der Waals surface area contributed by atoms with E-state index in [4.69, 9.17) is 0 Å². The number of carbonyl (C=O) groups excluding carboxylic acids is 1. The smallest absolute Gasteiger partial charge is 0.327 e. The average Bonchev–Trinajstić information content (AvgIpc) is 3.31. The van der Waals surface area contributed by atoms with Crippen LogP contribution < -0.4 is 11.2 Å². The third-order valence-corrected chi connectivity index (χ3v) is 4.03. The molecule has 122 valence electrons. The highest BCUT2D eigenvalue weighted by molar-refractivity contribution is 5.97. The number of aromatic amines is 2. The lowest BCUT2D eigenvalue weighted by Gasteiger charge is -2.23. The first-order valence-corrected chi connectivity index (χ1v) is 7.89. The highest BCUT2D eigenvalue weighted by atomic mass is 16.2. The Morgan fingerprint density at radius 2 is 2.09 bits per heavy atom. The summed E-state index contributed by atoms with van der Waals surface area (Å²) in [5, 5.41) is 0.218. The minimum absolute atomic E-state index is 0.104. The Bertz CT molecular complexity index is 848. The molecule has 7 heteroatoms. The lowest BCUT2D eigenvalue weighted by atomic mass is 10.1. The van der Waals surface area contributed by atoms with E-state index < -0.39 is 11.2 Å². The molecule has 0 aliphatic heterocycles. The molecule has 1 saturated carbocycles. The Morgan fingerprint density at radius 3 is 2.74 bits per heavy atom. The van der Waals surface area contributed by atoms with Crippen molar-refractivity contribution in [1.82, 2.24) is 19.9 Å². The number of nitrogens with one attached hydrogen (secondary N) is 2. The number of nitrogens with zero attached hydrogens (tertiary/aromatic N) is 2. The zero-order valence-corrected chi connectivity index (χ0v) is 13.3. The normalized spacial score (nSPS) is 14.4. The van der Waals surface area contributed by atoms with Crippen LogP contribution in [-0.2, 0) is 0 Å². The van der Waals surface area contributed by atoms with Crippen molar-refractivity contribution in [2.75, 3.05) is 6.54 Å². The maximum atomic E-state index is 12.8. The third kappa shape index (κ3) is 3.33. The van der Waals surface area contributed by atoms with Crippen LogP contribution in [0.3, 0.4) is 0 Å². The summed E-state index contributed by atoms with van der Waals surface area (Å²) in [4.78, 5) is 46.4. The second-order valence-electron chi connectivity index (χ2n) is 6.44. The largest absolute Gasteiger partial charge is 0.336 e. The van der Waals surface area contributed by atoms with Crippen molar-refractivity contribution in [2.45, 2.75) is 39.2 Å². The number of hydrogen-bond donors (Lipinski definition) is 2. The summed E-state index contributed by atoms with van der Waals surface area (Å²) in [5.74, 6) is 0.417. The van der Waals surface area contributed by atoms with Gasteiger partial charge in [0.25, 0.3) is 11.5 Å². The zero-order chi connectivity index (χ0) is 16.6. The van der Waals surface area contributed by atoms with Crippen LogP contribution in [0.15, 0.2) is 21.9 Å². The number of rotatable bonds is 5. The van der Waals surface area contributed by atoms with Crippen LogP contribution in [0.2, 0.25) is 0 Å². The van der Waals surface area contributed by atoms with Gasteiger partial charge in [-0.15, -0.1) is 0 Å². The summed E-state index contributed by atoms with van der Waals surface area (Å²) in [6, 6.07) is 1.80. The first kappa shape index (κ1) is 15.5. The van der Waals surface area contributed by atoms with Crippen LogP contribution in [0.5, 0.6) is 0 Å². The highest BCUT2D eigenvalue weighted by Crippen LogP contribution is 2.29. The van der Waals surface area contributed by atoms with Gasteiger partial charge >= 0.3 is 5.69 Å². The van der Waals surface area contributed by atoms with E-state index in [0.29, 0.717) is 24.1 Å². The van der Waals surface area contributed by atoms with Gasteiger partial charge in [0, 0.05) is 18.8 Å². The van der Waals surface area contributed by atoms with E-state index in [2.05, 4.69) is 28.8 Å². The molecule has 0 spiro atoms. The summed E-state index contributed by atoms with van der Waals surface area (Å²) < 4.78 is 0. The topological polar surface area (TPSA) is 98.9 Å². The van der Waals surface area contributed by atoms with Gasteiger partial charge in [-0.2, -0.15) is 0 Å². The lowest BCUT2D eigenvalue weighted by molar-refractivity contribution is 0.0735. The van der Waals surface area contributed by atoms with Crippen molar-refractivity contribution in [2.24, 2.45) is 5.92 Å². The Kier molecular flexibility index (Phi) is 4.02. The number of hydrogen-bond acceptors (Lipinski definition) is 4. The Balaban J connectivity index is 1.93. The first-order chi connectivity index (χ1) is 11.0. The molecular formula is C16H20N4O3. The van der Waals surface area contributed by atoms with E-state index in [1.54, 1.807) is 0 Å². The van der Waals surface area contributed by atoms with Gasteiger partial charge in [-0.05, 0) is 31.2 Å². The van der Waals surface area contributed by atoms with Crippen molar-refractivity contribution in [3.63, 3.8) is 0 Å². The average molecular weight is 316 g/mol. The van der Waals surface area contributed by atoms with Gasteiger partial charge in [0.05, 0.1) is 10.9 Å². The molecule has 2 aromatic rings. The van der Waals surface area contributed by atoms with Crippen molar-refractivity contribution in [1.29, 1.82) is 0 Å². The minimum atomic E-state index is -0.606. The van der Waals surface area contributed by atoms with Gasteiger partial charge in [-0.3, -0.25) is 19.6 Å². The maximum absolute atomic E-state index is 12.8. The maximum Gasteiger partial charge on any atom is 0.327 e. The van der Waals surface area contributed by atoms with Crippen molar-refractivity contribution >= 4 is 16.9 Å². The molecule has 0 unspecified atom stereocenters. The van der Waals surface area contributed by atoms with Gasteiger partial charge in [0.2, 0.25) is 0 Å². The summed E-state index contributed by atoms with van der Waals surface area (Å²) in [6.07, 6.45) is 4.42. The predicted octanol–water partition coefficient (Wildman–Crippen LogP) is 1.26. The SMILES string of the molecule is CC(C)CCN(C(=O)c1cnc2[nH]c(=O)[nH]c(=O)c2c1)C1CC1. The van der Waals surface area contributed by atoms with Crippen molar-refractivity contribution < 1.29 is 4.79 Å². The zero-order valence-electron chi connectivity index (χ0n) is 13.3. The van der Waals surface area contributed by atoms with Gasteiger partial charge < -0.3 is 4.90 Å². The molecular weight excluding hydrogens is 296 g/mol. The fourth-order valence-electron chi connectivity index (χ4n) is 2.56. The van der Waals surface area contributed by atoms with E-state index in [9.17, 15) is 14.4 Å². The summed E-state index contributed by atoms with van der Waals surface area (Å²) >= 11 is 0. The van der Waals surface area contributed by atoms with Gasteiger partial charge in [0.1, 0.15) is 5.65 Å². The summed E-state index contributed by atoms with van der Waals surface area (Å²) in [6.45, 7) is 4.97. The van der Waals surface area contributed by atoms with E-state index in [1.165, 1.54) is 12.3 Å². The van der Waals surface area contributed by atoms with Crippen LogP contribution in [0.1, 0.15) is 43.5 Å². The number of aromatic nitrogens is 3. The highest BCUT2D eigenvalue weighted by Gasteiger charge is 2.33. The summed E-state index contributed by atoms with van der Waals surface area (Å²) in [5.41, 5.74) is -0.571. The molecule has 0 saturated heterocycles. The van der Waals surface area contributed by atoms with E-state index in [1.807, 2.05) is 4.90 Å². The fourth-order valence-corrected chi connectivity index (χ4v) is 2.56. The number of pyridine rings is 1. The Morgan fingerprint density at radius 1 is 1.35 bits per heavy atom. The standard InChI is InChI=1S/C16H20N4O3/c1-9(2)5-6-20(11-3-4-11)15(22)10-7-12-13(17-8-10)18-16(23)19-14(12)21/h7-9,11H,3-6H2,1-2H3,(H2,17,18,19,21,23). The van der Waals surface area contributed by atoms with Gasteiger partial charge in [0.15, 0.2) is 0 Å². The molecule has 0 aromatic carbocycles. The minimum Gasteiger partial charge on any atom is -0.336 e. The molecule has 0 bridgehead atoms. The number of amides is 1. The quantitative estimate of drug-likeness (QED) is 0.867. The van der Waals surface area contributed by atoms with E-state index in [-0.39, 0.29) is 16.9 Å². The molecule has 0 atom stereocenters. The molecule has 7 nitrogen and oxygen atoms in total. The second-order valence-corrected chi connectivity index (χ2v) is 6.44. The second kappa shape index (κ2) is 5.98. The molecule has 1 aliphatic rings. The van der Waals surface area contributed by atoms with Crippen LogP contribution >= 0.6 is 0 Å². The van der Waals surface area contributed by atoms with Gasteiger partial charge in [-0.25, -0.2) is 9.78 Å². The molecule has 1 fully saturated rings.